The fraction of sp³-hybridized carbons (Fsp3) is 0.500. The van der Waals surface area contributed by atoms with Gasteiger partial charge in [0.2, 0.25) is 10.0 Å². The second-order valence-electron chi connectivity index (χ2n) is 8.10. The van der Waals surface area contributed by atoms with Crippen molar-refractivity contribution in [1.29, 1.82) is 0 Å². The van der Waals surface area contributed by atoms with Crippen molar-refractivity contribution in [1.82, 2.24) is 14.7 Å². The predicted octanol–water partition coefficient (Wildman–Crippen LogP) is 1.78. The predicted molar refractivity (Wildman–Crippen MR) is 125 cm³/mol. The third kappa shape index (κ3) is 6.94. The molecule has 1 fully saturated rings. The van der Waals surface area contributed by atoms with Gasteiger partial charge < -0.3 is 20.1 Å². The second-order valence-corrected chi connectivity index (χ2v) is 9.87. The first-order valence-electron chi connectivity index (χ1n) is 10.9. The van der Waals surface area contributed by atoms with Gasteiger partial charge in [0, 0.05) is 38.5 Å². The van der Waals surface area contributed by atoms with Crippen molar-refractivity contribution in [2.45, 2.75) is 49.1 Å². The van der Waals surface area contributed by atoms with Crippen molar-refractivity contribution in [3.63, 3.8) is 0 Å². The highest BCUT2D eigenvalue weighted by Gasteiger charge is 2.21. The van der Waals surface area contributed by atoms with Crippen LogP contribution in [0.25, 0.3) is 0 Å². The molecule has 3 N–H and O–H groups in total. The molecule has 0 radical (unpaired) electrons. The number of benzene rings is 1. The molecule has 180 valence electrons. The second kappa shape index (κ2) is 11.5. The fourth-order valence-electron chi connectivity index (χ4n) is 3.77. The third-order valence-corrected chi connectivity index (χ3v) is 7.10. The van der Waals surface area contributed by atoms with Crippen molar-refractivity contribution < 1.29 is 23.1 Å². The number of aromatic nitrogens is 2. The first-order chi connectivity index (χ1) is 15.8. The van der Waals surface area contributed by atoms with Crippen LogP contribution in [0.2, 0.25) is 0 Å². The van der Waals surface area contributed by atoms with E-state index in [-0.39, 0.29) is 23.7 Å². The van der Waals surface area contributed by atoms with Gasteiger partial charge in [0.25, 0.3) is 5.91 Å². The van der Waals surface area contributed by atoms with Gasteiger partial charge in [-0.2, -0.15) is 0 Å². The number of methoxy groups -OCH3 is 1. The summed E-state index contributed by atoms with van der Waals surface area (Å²) in [5, 5.41) is 12.4. The molecular formula is C22H31N5O5S. The number of hydrogen-bond acceptors (Lipinski definition) is 8. The van der Waals surface area contributed by atoms with Gasteiger partial charge in [0.15, 0.2) is 0 Å². The van der Waals surface area contributed by atoms with E-state index in [1.165, 1.54) is 57.0 Å². The average Bonchev–Trinajstić information content (AvgIpc) is 2.83. The van der Waals surface area contributed by atoms with Crippen LogP contribution >= 0.6 is 0 Å². The quantitative estimate of drug-likeness (QED) is 0.472. The van der Waals surface area contributed by atoms with Gasteiger partial charge in [0.1, 0.15) is 17.8 Å². The van der Waals surface area contributed by atoms with E-state index in [1.807, 2.05) is 7.05 Å². The summed E-state index contributed by atoms with van der Waals surface area (Å²) < 4.78 is 31.8. The number of carbonyl (C=O) groups excluding carboxylic acids is 1. The van der Waals surface area contributed by atoms with Gasteiger partial charge in [-0.3, -0.25) is 4.79 Å². The molecule has 1 aromatic heterocycles. The number of hydrogen-bond donors (Lipinski definition) is 3. The third-order valence-electron chi connectivity index (χ3n) is 5.66. The summed E-state index contributed by atoms with van der Waals surface area (Å²) in [5.41, 5.74) is 0.660. The number of nitrogens with one attached hydrogen (secondary N) is 2. The zero-order chi connectivity index (χ0) is 23.8. The first kappa shape index (κ1) is 25.0. The lowest BCUT2D eigenvalue weighted by atomic mass is 9.94. The Labute approximate surface area is 194 Å². The highest BCUT2D eigenvalue weighted by atomic mass is 32.2. The van der Waals surface area contributed by atoms with Crippen LogP contribution < -0.4 is 14.9 Å². The van der Waals surface area contributed by atoms with E-state index in [1.54, 1.807) is 6.07 Å². The van der Waals surface area contributed by atoms with Gasteiger partial charge in [0.05, 0.1) is 17.6 Å². The lowest BCUT2D eigenvalue weighted by molar-refractivity contribution is 0.0679. The molecule has 1 amide bonds. The zero-order valence-corrected chi connectivity index (χ0v) is 19.7. The van der Waals surface area contributed by atoms with Crippen LogP contribution in [0, 0.1) is 0 Å². The van der Waals surface area contributed by atoms with E-state index < -0.39 is 22.0 Å². The van der Waals surface area contributed by atoms with Crippen LogP contribution in [0.5, 0.6) is 0 Å². The van der Waals surface area contributed by atoms with E-state index >= 15 is 0 Å². The summed E-state index contributed by atoms with van der Waals surface area (Å²) in [5.74, 6) is 0.289. The number of aliphatic hydroxyl groups excluding tert-OH is 1. The summed E-state index contributed by atoms with van der Waals surface area (Å²) in [7, 11) is -0.395. The first-order valence-corrected chi connectivity index (χ1v) is 12.4. The van der Waals surface area contributed by atoms with E-state index in [9.17, 15) is 18.3 Å². The lowest BCUT2D eigenvalue weighted by Gasteiger charge is -2.32. The molecule has 33 heavy (non-hydrogen) atoms. The number of ether oxygens (including phenoxy) is 1. The molecule has 0 saturated heterocycles. The van der Waals surface area contributed by atoms with E-state index in [4.69, 9.17) is 4.74 Å². The Morgan fingerprint density at radius 2 is 1.91 bits per heavy atom. The fourth-order valence-corrected chi connectivity index (χ4v) is 4.85. The van der Waals surface area contributed by atoms with Crippen molar-refractivity contribution in [3.8, 4) is 0 Å². The van der Waals surface area contributed by atoms with Crippen LogP contribution in [0.3, 0.4) is 0 Å². The Morgan fingerprint density at radius 3 is 2.58 bits per heavy atom. The molecule has 10 nitrogen and oxygen atoms in total. The highest BCUT2D eigenvalue weighted by Crippen LogP contribution is 2.25. The van der Waals surface area contributed by atoms with Gasteiger partial charge >= 0.3 is 0 Å². The number of aliphatic hydroxyl groups is 1. The normalized spacial score (nSPS) is 15.7. The minimum absolute atomic E-state index is 0.0172. The number of amides is 1. The Balaban J connectivity index is 1.62. The molecule has 1 aliphatic carbocycles. The van der Waals surface area contributed by atoms with E-state index in [2.05, 4.69) is 24.9 Å². The number of anilines is 2. The van der Waals surface area contributed by atoms with Crippen LogP contribution in [0.1, 0.15) is 42.6 Å². The maximum Gasteiger partial charge on any atom is 0.274 e. The van der Waals surface area contributed by atoms with E-state index in [0.717, 1.165) is 12.8 Å². The van der Waals surface area contributed by atoms with Gasteiger partial charge in [-0.05, 0) is 37.1 Å². The number of carbonyl (C=O) groups is 1. The van der Waals surface area contributed by atoms with Gasteiger partial charge in [-0.25, -0.2) is 23.1 Å². The molecule has 0 spiro atoms. The molecule has 1 aliphatic rings. The van der Waals surface area contributed by atoms with Gasteiger partial charge in [-0.15, -0.1) is 0 Å². The van der Waals surface area contributed by atoms with Crippen LogP contribution in [0.4, 0.5) is 11.5 Å². The maximum absolute atomic E-state index is 12.7. The molecule has 1 atom stereocenters. The topological polar surface area (TPSA) is 134 Å². The van der Waals surface area contributed by atoms with Crippen LogP contribution in [0.15, 0.2) is 41.6 Å². The summed E-state index contributed by atoms with van der Waals surface area (Å²) in [6.45, 7) is -0.144. The SMILES string of the molecule is COCC(O)CNS(=O)(=O)c1ccc(NC(=O)c2cc(N(C)C3CCCCC3)ncn2)cc1. The van der Waals surface area contributed by atoms with Crippen molar-refractivity contribution in [3.05, 3.63) is 42.4 Å². The average molecular weight is 478 g/mol. The molecule has 0 bridgehead atoms. The molecule has 2 aromatic rings. The Kier molecular flexibility index (Phi) is 8.73. The summed E-state index contributed by atoms with van der Waals surface area (Å²) in [6.07, 6.45) is 6.30. The molecule has 1 heterocycles. The standard InChI is InChI=1S/C22H31N5O5S/c1-27(17-6-4-3-5-7-17)21-12-20(23-15-24-21)22(29)26-16-8-10-19(11-9-16)33(30,31)25-13-18(28)14-32-2/h8-12,15,17-18,25,28H,3-7,13-14H2,1-2H3,(H,26,29). The summed E-state index contributed by atoms with van der Waals surface area (Å²) in [4.78, 5) is 23.2. The molecule has 0 aliphatic heterocycles. The molecule has 1 aromatic carbocycles. The number of nitrogens with zero attached hydrogens (tertiary/aromatic N) is 3. The highest BCUT2D eigenvalue weighted by molar-refractivity contribution is 7.89. The van der Waals surface area contributed by atoms with Crippen molar-refractivity contribution in [2.75, 3.05) is 37.5 Å². The van der Waals surface area contributed by atoms with E-state index in [0.29, 0.717) is 17.5 Å². The molecular weight excluding hydrogens is 446 g/mol. The monoisotopic (exact) mass is 477 g/mol. The van der Waals surface area contributed by atoms with Crippen molar-refractivity contribution in [2.24, 2.45) is 0 Å². The molecule has 1 unspecified atom stereocenters. The van der Waals surface area contributed by atoms with Crippen molar-refractivity contribution >= 4 is 27.4 Å². The maximum atomic E-state index is 12.7. The minimum Gasteiger partial charge on any atom is -0.389 e. The number of rotatable bonds is 10. The Bertz CT molecular complexity index is 1030. The molecule has 1 saturated carbocycles. The van der Waals surface area contributed by atoms with Crippen LogP contribution in [-0.4, -0.2) is 68.9 Å². The minimum atomic E-state index is -3.80. The van der Waals surface area contributed by atoms with Crippen LogP contribution in [-0.2, 0) is 14.8 Å². The summed E-state index contributed by atoms with van der Waals surface area (Å²) in [6, 6.07) is 7.81. The number of sulfonamides is 1. The largest absolute Gasteiger partial charge is 0.389 e. The Morgan fingerprint density at radius 1 is 1.21 bits per heavy atom. The molecule has 3 rings (SSSR count). The molecule has 11 heteroatoms. The Hall–Kier alpha value is -2.60. The zero-order valence-electron chi connectivity index (χ0n) is 18.9. The summed E-state index contributed by atoms with van der Waals surface area (Å²) >= 11 is 0. The lowest BCUT2D eigenvalue weighted by Crippen LogP contribution is -2.34. The smallest absolute Gasteiger partial charge is 0.274 e. The van der Waals surface area contributed by atoms with Gasteiger partial charge in [-0.1, -0.05) is 19.3 Å².